The molecule has 1 heterocycles. The maximum absolute atomic E-state index is 5.35. The van der Waals surface area contributed by atoms with Crippen LogP contribution in [0.25, 0.3) is 11.4 Å². The molecule has 0 atom stereocenters. The number of aromatic nitrogens is 2. The van der Waals surface area contributed by atoms with E-state index in [1.54, 1.807) is 26.5 Å². The SMILES string of the molecule is CNc1nc(-c2ccc(OC)cc2OC)ncc1Br. The second-order valence-corrected chi connectivity index (χ2v) is 4.56. The van der Waals surface area contributed by atoms with Crippen LogP contribution in [0, 0.1) is 0 Å². The van der Waals surface area contributed by atoms with Crippen molar-refractivity contribution in [1.82, 2.24) is 9.97 Å². The number of hydrogen-bond donors (Lipinski definition) is 1. The van der Waals surface area contributed by atoms with Crippen molar-refractivity contribution in [3.8, 4) is 22.9 Å². The highest BCUT2D eigenvalue weighted by atomic mass is 79.9. The van der Waals surface area contributed by atoms with Gasteiger partial charge in [-0.3, -0.25) is 0 Å². The molecule has 1 N–H and O–H groups in total. The second-order valence-electron chi connectivity index (χ2n) is 3.71. The number of benzene rings is 1. The van der Waals surface area contributed by atoms with E-state index in [1.807, 2.05) is 19.2 Å². The lowest BCUT2D eigenvalue weighted by Gasteiger charge is -2.10. The molecular formula is C13H14BrN3O2. The molecule has 1 aromatic carbocycles. The normalized spacial score (nSPS) is 10.1. The molecule has 0 spiro atoms. The second kappa shape index (κ2) is 5.88. The van der Waals surface area contributed by atoms with Gasteiger partial charge in [0.25, 0.3) is 0 Å². The van der Waals surface area contributed by atoms with Crippen LogP contribution in [0.5, 0.6) is 11.5 Å². The van der Waals surface area contributed by atoms with E-state index in [4.69, 9.17) is 9.47 Å². The Balaban J connectivity index is 2.52. The summed E-state index contributed by atoms with van der Waals surface area (Å²) in [4.78, 5) is 8.74. The average molecular weight is 324 g/mol. The van der Waals surface area contributed by atoms with Crippen LogP contribution in [0.15, 0.2) is 28.9 Å². The Hall–Kier alpha value is -1.82. The molecule has 6 heteroatoms. The molecule has 0 saturated heterocycles. The Labute approximate surface area is 120 Å². The largest absolute Gasteiger partial charge is 0.497 e. The first-order valence-electron chi connectivity index (χ1n) is 5.62. The molecule has 0 aliphatic heterocycles. The minimum absolute atomic E-state index is 0.590. The fraction of sp³-hybridized carbons (Fsp3) is 0.231. The van der Waals surface area contributed by atoms with Gasteiger partial charge in [-0.1, -0.05) is 0 Å². The van der Waals surface area contributed by atoms with E-state index in [9.17, 15) is 0 Å². The van der Waals surface area contributed by atoms with Gasteiger partial charge in [0.2, 0.25) is 0 Å². The van der Waals surface area contributed by atoms with E-state index in [2.05, 4.69) is 31.2 Å². The predicted octanol–water partition coefficient (Wildman–Crippen LogP) is 2.97. The molecule has 1 aromatic heterocycles. The Morgan fingerprint density at radius 3 is 2.63 bits per heavy atom. The van der Waals surface area contributed by atoms with Crippen LogP contribution in [0.3, 0.4) is 0 Å². The summed E-state index contributed by atoms with van der Waals surface area (Å²) in [6.07, 6.45) is 1.71. The number of halogens is 1. The van der Waals surface area contributed by atoms with Gasteiger partial charge in [-0.25, -0.2) is 9.97 Å². The van der Waals surface area contributed by atoms with Crippen LogP contribution in [0.4, 0.5) is 5.82 Å². The van der Waals surface area contributed by atoms with Gasteiger partial charge in [-0.2, -0.15) is 0 Å². The summed E-state index contributed by atoms with van der Waals surface area (Å²) in [5.74, 6) is 2.71. The highest BCUT2D eigenvalue weighted by Gasteiger charge is 2.12. The number of hydrogen-bond acceptors (Lipinski definition) is 5. The fourth-order valence-electron chi connectivity index (χ4n) is 1.66. The number of methoxy groups -OCH3 is 2. The van der Waals surface area contributed by atoms with Crippen molar-refractivity contribution in [2.45, 2.75) is 0 Å². The molecule has 0 fully saturated rings. The van der Waals surface area contributed by atoms with Crippen LogP contribution < -0.4 is 14.8 Å². The monoisotopic (exact) mass is 323 g/mol. The van der Waals surface area contributed by atoms with Crippen molar-refractivity contribution in [2.75, 3.05) is 26.6 Å². The molecule has 0 aliphatic carbocycles. The van der Waals surface area contributed by atoms with Crippen LogP contribution in [0.1, 0.15) is 0 Å². The molecule has 0 unspecified atom stereocenters. The lowest BCUT2D eigenvalue weighted by atomic mass is 10.1. The zero-order chi connectivity index (χ0) is 13.8. The maximum Gasteiger partial charge on any atom is 0.165 e. The zero-order valence-corrected chi connectivity index (χ0v) is 12.5. The van der Waals surface area contributed by atoms with Crippen molar-refractivity contribution < 1.29 is 9.47 Å². The highest BCUT2D eigenvalue weighted by molar-refractivity contribution is 9.10. The first kappa shape index (κ1) is 13.6. The number of rotatable bonds is 4. The number of nitrogens with zero attached hydrogens (tertiary/aromatic N) is 2. The van der Waals surface area contributed by atoms with Crippen molar-refractivity contribution in [3.63, 3.8) is 0 Å². The molecule has 0 bridgehead atoms. The van der Waals surface area contributed by atoms with Crippen molar-refractivity contribution >= 4 is 21.7 Å². The topological polar surface area (TPSA) is 56.3 Å². The van der Waals surface area contributed by atoms with Gasteiger partial charge in [-0.15, -0.1) is 0 Å². The smallest absolute Gasteiger partial charge is 0.165 e. The fourth-order valence-corrected chi connectivity index (χ4v) is 2.04. The zero-order valence-electron chi connectivity index (χ0n) is 10.9. The lowest BCUT2D eigenvalue weighted by molar-refractivity contribution is 0.395. The highest BCUT2D eigenvalue weighted by Crippen LogP contribution is 2.32. The van der Waals surface area contributed by atoms with E-state index < -0.39 is 0 Å². The van der Waals surface area contributed by atoms with Gasteiger partial charge in [0.1, 0.15) is 17.3 Å². The summed E-state index contributed by atoms with van der Waals surface area (Å²) in [6.45, 7) is 0. The van der Waals surface area contributed by atoms with Crippen LogP contribution in [-0.4, -0.2) is 31.2 Å². The summed E-state index contributed by atoms with van der Waals surface area (Å²) in [6, 6.07) is 5.53. The number of ether oxygens (including phenoxy) is 2. The van der Waals surface area contributed by atoms with Gasteiger partial charge in [0.05, 0.1) is 24.3 Å². The molecule has 19 heavy (non-hydrogen) atoms. The average Bonchev–Trinajstić information content (AvgIpc) is 2.47. The Morgan fingerprint density at radius 2 is 2.00 bits per heavy atom. The molecule has 0 radical (unpaired) electrons. The maximum atomic E-state index is 5.35. The third-order valence-electron chi connectivity index (χ3n) is 2.63. The van der Waals surface area contributed by atoms with E-state index >= 15 is 0 Å². The Morgan fingerprint density at radius 1 is 1.21 bits per heavy atom. The van der Waals surface area contributed by atoms with Crippen LogP contribution >= 0.6 is 15.9 Å². The van der Waals surface area contributed by atoms with E-state index in [0.717, 1.165) is 21.6 Å². The molecule has 2 rings (SSSR count). The third-order valence-corrected chi connectivity index (χ3v) is 3.21. The quantitative estimate of drug-likeness (QED) is 0.937. The van der Waals surface area contributed by atoms with Gasteiger partial charge in [-0.05, 0) is 28.1 Å². The summed E-state index contributed by atoms with van der Waals surface area (Å²) in [7, 11) is 5.03. The lowest BCUT2D eigenvalue weighted by Crippen LogP contribution is -1.99. The molecule has 2 aromatic rings. The third kappa shape index (κ3) is 2.78. The summed E-state index contributed by atoms with van der Waals surface area (Å²) >= 11 is 3.38. The van der Waals surface area contributed by atoms with E-state index in [1.165, 1.54) is 0 Å². The van der Waals surface area contributed by atoms with Crippen molar-refractivity contribution in [3.05, 3.63) is 28.9 Å². The van der Waals surface area contributed by atoms with Crippen molar-refractivity contribution in [1.29, 1.82) is 0 Å². The van der Waals surface area contributed by atoms with Gasteiger partial charge in [0, 0.05) is 19.3 Å². The standard InChI is InChI=1S/C13H14BrN3O2/c1-15-13-10(14)7-16-12(17-13)9-5-4-8(18-2)6-11(9)19-3/h4-7H,1-3H3,(H,15,16,17). The first-order chi connectivity index (χ1) is 9.19. The van der Waals surface area contributed by atoms with Crippen molar-refractivity contribution in [2.24, 2.45) is 0 Å². The molecule has 100 valence electrons. The summed E-state index contributed by atoms with van der Waals surface area (Å²) in [5.41, 5.74) is 0.812. The van der Waals surface area contributed by atoms with Gasteiger partial charge in [0.15, 0.2) is 5.82 Å². The summed E-state index contributed by atoms with van der Waals surface area (Å²) in [5, 5.41) is 3.00. The first-order valence-corrected chi connectivity index (χ1v) is 6.41. The molecule has 5 nitrogen and oxygen atoms in total. The number of nitrogens with one attached hydrogen (secondary N) is 1. The van der Waals surface area contributed by atoms with E-state index in [-0.39, 0.29) is 0 Å². The molecule has 0 saturated carbocycles. The molecular weight excluding hydrogens is 310 g/mol. The van der Waals surface area contributed by atoms with Gasteiger partial charge < -0.3 is 14.8 Å². The minimum atomic E-state index is 0.590. The number of anilines is 1. The van der Waals surface area contributed by atoms with E-state index in [0.29, 0.717) is 11.6 Å². The van der Waals surface area contributed by atoms with Crippen LogP contribution in [0.2, 0.25) is 0 Å². The molecule has 0 amide bonds. The predicted molar refractivity (Wildman–Crippen MR) is 77.8 cm³/mol. The molecule has 0 aliphatic rings. The summed E-state index contributed by atoms with van der Waals surface area (Å²) < 4.78 is 11.3. The Kier molecular flexibility index (Phi) is 4.21. The minimum Gasteiger partial charge on any atom is -0.497 e. The van der Waals surface area contributed by atoms with Gasteiger partial charge >= 0.3 is 0 Å². The Bertz CT molecular complexity index is 590. The van der Waals surface area contributed by atoms with Crippen LogP contribution in [-0.2, 0) is 0 Å².